The molecule has 0 fully saturated rings. The largest absolute Gasteiger partial charge is 0.461 e. The van der Waals surface area contributed by atoms with Gasteiger partial charge in [-0.15, -0.1) is 0 Å². The molecule has 4 aromatic carbocycles. The van der Waals surface area contributed by atoms with Crippen LogP contribution >= 0.6 is 6.89 Å². The number of hydrogen-bond acceptors (Lipinski definition) is 2. The number of alkyl halides is 5. The van der Waals surface area contributed by atoms with E-state index >= 15 is 0 Å². The molecule has 0 aliphatic carbocycles. The molecule has 2 nitrogen and oxygen atoms in total. The standard InChI is InChI=1S/C29H20F5O2P/c30-28(31,29(32,33)34)27(36)26(25(35)21-13-5-1-6-14-21)37(22-15-7-2-8-16-22,23-17-9-3-10-18-23)24-19-11-4-12-20-24/h1-20H. The highest BCUT2D eigenvalue weighted by molar-refractivity contribution is 7.97. The third-order valence-electron chi connectivity index (χ3n) is 5.87. The van der Waals surface area contributed by atoms with Crippen molar-refractivity contribution in [3.63, 3.8) is 0 Å². The molecule has 0 aromatic heterocycles. The normalized spacial score (nSPS) is 12.1. The van der Waals surface area contributed by atoms with Gasteiger partial charge in [0.25, 0.3) is 0 Å². The maximum absolute atomic E-state index is 14.9. The Morgan fingerprint density at radius 3 is 1.16 bits per heavy atom. The van der Waals surface area contributed by atoms with E-state index in [2.05, 4.69) is 0 Å². The number of Topliss-reactive ketones (excluding diaryl/α,β-unsaturated/α-hetero) is 2. The zero-order chi connectivity index (χ0) is 26.7. The van der Waals surface area contributed by atoms with Gasteiger partial charge in [-0.05, 0) is 22.8 Å². The molecule has 0 saturated heterocycles. The van der Waals surface area contributed by atoms with E-state index in [9.17, 15) is 31.5 Å². The highest BCUT2D eigenvalue weighted by atomic mass is 31.2. The van der Waals surface area contributed by atoms with Crippen LogP contribution in [-0.4, -0.2) is 29.0 Å². The summed E-state index contributed by atoms with van der Waals surface area (Å²) in [5, 5.41) is -0.223. The van der Waals surface area contributed by atoms with Gasteiger partial charge in [-0.25, -0.2) is 0 Å². The van der Waals surface area contributed by atoms with E-state index in [1.165, 1.54) is 24.3 Å². The van der Waals surface area contributed by atoms with Gasteiger partial charge >= 0.3 is 12.1 Å². The van der Waals surface area contributed by atoms with Crippen molar-refractivity contribution in [2.45, 2.75) is 12.1 Å². The fourth-order valence-corrected chi connectivity index (χ4v) is 8.61. The lowest BCUT2D eigenvalue weighted by Crippen LogP contribution is -2.51. The summed E-state index contributed by atoms with van der Waals surface area (Å²) < 4.78 is 70.7. The lowest BCUT2D eigenvalue weighted by atomic mass is 10.0. The molecule has 188 valence electrons. The first-order chi connectivity index (χ1) is 17.6. The summed E-state index contributed by atoms with van der Waals surface area (Å²) in [7, 11) is 0. The molecule has 0 N–H and O–H groups in total. The van der Waals surface area contributed by atoms with E-state index in [1.54, 1.807) is 97.1 Å². The Morgan fingerprint density at radius 2 is 0.838 bits per heavy atom. The average Bonchev–Trinajstić information content (AvgIpc) is 2.92. The summed E-state index contributed by atoms with van der Waals surface area (Å²) in [6.07, 6.45) is -6.20. The van der Waals surface area contributed by atoms with Crippen LogP contribution < -0.4 is 15.9 Å². The van der Waals surface area contributed by atoms with Crippen LogP contribution in [-0.2, 0) is 4.79 Å². The smallest absolute Gasteiger partial charge is 0.288 e. The predicted molar refractivity (Wildman–Crippen MR) is 137 cm³/mol. The molecule has 0 atom stereocenters. The number of carbonyl (C=O) groups is 2. The summed E-state index contributed by atoms with van der Waals surface area (Å²) in [5.41, 5.74) is -0.170. The van der Waals surface area contributed by atoms with Gasteiger partial charge in [-0.1, -0.05) is 121 Å². The van der Waals surface area contributed by atoms with Crippen LogP contribution in [0.15, 0.2) is 121 Å². The molecular formula is C29H20F5O2P. The van der Waals surface area contributed by atoms with E-state index in [4.69, 9.17) is 0 Å². The van der Waals surface area contributed by atoms with Crippen LogP contribution in [0.5, 0.6) is 0 Å². The minimum atomic E-state index is -6.20. The van der Waals surface area contributed by atoms with Crippen molar-refractivity contribution in [3.05, 3.63) is 127 Å². The first kappa shape index (κ1) is 26.2. The van der Waals surface area contributed by atoms with Crippen molar-refractivity contribution in [2.24, 2.45) is 0 Å². The number of rotatable bonds is 7. The number of ketones is 2. The van der Waals surface area contributed by atoms with Crippen molar-refractivity contribution in [2.75, 3.05) is 0 Å². The summed E-state index contributed by atoms with van der Waals surface area (Å²) in [5.74, 6) is -9.53. The Morgan fingerprint density at radius 1 is 0.514 bits per heavy atom. The minimum absolute atomic E-state index is 0.170. The van der Waals surface area contributed by atoms with Crippen LogP contribution in [0, 0.1) is 0 Å². The van der Waals surface area contributed by atoms with E-state index in [1.807, 2.05) is 0 Å². The average molecular weight is 526 g/mol. The van der Waals surface area contributed by atoms with Crippen molar-refractivity contribution >= 4 is 39.7 Å². The molecule has 0 saturated carbocycles. The van der Waals surface area contributed by atoms with Crippen LogP contribution in [0.3, 0.4) is 0 Å². The number of carbonyl (C=O) groups excluding carboxylic acids is 2. The third-order valence-corrected chi connectivity index (χ3v) is 10.2. The van der Waals surface area contributed by atoms with Crippen LogP contribution in [0.25, 0.3) is 0 Å². The topological polar surface area (TPSA) is 34.1 Å². The first-order valence-electron chi connectivity index (χ1n) is 11.1. The van der Waals surface area contributed by atoms with Gasteiger partial charge in [-0.2, -0.15) is 22.0 Å². The molecule has 0 radical (unpaired) electrons. The van der Waals surface area contributed by atoms with Crippen LogP contribution in [0.1, 0.15) is 10.4 Å². The lowest BCUT2D eigenvalue weighted by Gasteiger charge is -2.33. The quantitative estimate of drug-likeness (QED) is 0.132. The molecule has 0 amide bonds. The third kappa shape index (κ3) is 4.67. The predicted octanol–water partition coefficient (Wildman–Crippen LogP) is 5.80. The Balaban J connectivity index is 2.32. The molecule has 8 heteroatoms. The van der Waals surface area contributed by atoms with Gasteiger partial charge in [0, 0.05) is 5.56 Å². The maximum atomic E-state index is 14.9. The minimum Gasteiger partial charge on any atom is -0.288 e. The molecule has 0 aliphatic rings. The van der Waals surface area contributed by atoms with Crippen molar-refractivity contribution < 1.29 is 31.5 Å². The Hall–Kier alpha value is -3.83. The zero-order valence-electron chi connectivity index (χ0n) is 19.2. The van der Waals surface area contributed by atoms with E-state index < -0.39 is 35.8 Å². The van der Waals surface area contributed by atoms with E-state index in [0.717, 1.165) is 0 Å². The fraction of sp³-hybridized carbons (Fsp3) is 0.0690. The second-order valence-corrected chi connectivity index (χ2v) is 11.5. The SMILES string of the molecule is O=C(C(C(=O)C(F)(F)C(F)(F)F)=P(c1ccccc1)(c1ccccc1)c1ccccc1)c1ccccc1. The Labute approximate surface area is 210 Å². The number of hydrogen-bond donors (Lipinski definition) is 0. The molecule has 0 unspecified atom stereocenters. The molecule has 0 heterocycles. The van der Waals surface area contributed by atoms with E-state index in [0.29, 0.717) is 0 Å². The summed E-state index contributed by atoms with van der Waals surface area (Å²) in [6, 6.07) is 30.8. The summed E-state index contributed by atoms with van der Waals surface area (Å²) in [6.45, 7) is -3.87. The van der Waals surface area contributed by atoms with Gasteiger partial charge in [0.1, 0.15) is 0 Å². The summed E-state index contributed by atoms with van der Waals surface area (Å²) in [4.78, 5) is 27.5. The maximum Gasteiger partial charge on any atom is 0.461 e. The second kappa shape index (κ2) is 10.3. The number of halogens is 5. The molecule has 0 bridgehead atoms. The molecule has 37 heavy (non-hydrogen) atoms. The second-order valence-electron chi connectivity index (χ2n) is 8.12. The van der Waals surface area contributed by atoms with Gasteiger partial charge in [0.05, 0.1) is 5.29 Å². The zero-order valence-corrected chi connectivity index (χ0v) is 20.1. The Bertz CT molecular complexity index is 1350. The first-order valence-corrected chi connectivity index (χ1v) is 12.9. The van der Waals surface area contributed by atoms with E-state index in [-0.39, 0.29) is 21.5 Å². The highest BCUT2D eigenvalue weighted by Gasteiger charge is 2.65. The van der Waals surface area contributed by atoms with Crippen molar-refractivity contribution in [3.8, 4) is 0 Å². The van der Waals surface area contributed by atoms with Gasteiger partial charge in [0.15, 0.2) is 5.78 Å². The Kier molecular flexibility index (Phi) is 7.28. The van der Waals surface area contributed by atoms with Crippen molar-refractivity contribution in [1.29, 1.82) is 0 Å². The molecule has 0 spiro atoms. The molecule has 0 aliphatic heterocycles. The molecule has 4 aromatic rings. The number of benzene rings is 4. The fourth-order valence-electron chi connectivity index (χ4n) is 4.20. The van der Waals surface area contributed by atoms with Gasteiger partial charge < -0.3 is 0 Å². The van der Waals surface area contributed by atoms with Gasteiger partial charge in [-0.3, -0.25) is 9.59 Å². The highest BCUT2D eigenvalue weighted by Crippen LogP contribution is 2.49. The lowest BCUT2D eigenvalue weighted by molar-refractivity contribution is -0.265. The van der Waals surface area contributed by atoms with Crippen LogP contribution in [0.2, 0.25) is 0 Å². The molecule has 4 rings (SSSR count). The molecular weight excluding hydrogens is 506 g/mol. The van der Waals surface area contributed by atoms with Crippen molar-refractivity contribution in [1.82, 2.24) is 0 Å². The summed E-state index contributed by atoms with van der Waals surface area (Å²) >= 11 is 0. The monoisotopic (exact) mass is 526 g/mol. The van der Waals surface area contributed by atoms with Crippen LogP contribution in [0.4, 0.5) is 22.0 Å². The van der Waals surface area contributed by atoms with Gasteiger partial charge in [0.2, 0.25) is 5.78 Å².